The van der Waals surface area contributed by atoms with Crippen LogP contribution < -0.4 is 10.1 Å². The first-order valence-electron chi connectivity index (χ1n) is 8.81. The van der Waals surface area contributed by atoms with Gasteiger partial charge in [-0.3, -0.25) is 9.48 Å². The molecule has 0 aliphatic rings. The average molecular weight is 428 g/mol. The number of amides is 1. The Balaban J connectivity index is 1.61. The van der Waals surface area contributed by atoms with Gasteiger partial charge in [0.15, 0.2) is 0 Å². The first-order chi connectivity index (χ1) is 13.0. The van der Waals surface area contributed by atoms with Crippen LogP contribution in [-0.2, 0) is 20.0 Å². The zero-order chi connectivity index (χ0) is 19.4. The van der Waals surface area contributed by atoms with Gasteiger partial charge in [0.05, 0.1) is 10.2 Å². The van der Waals surface area contributed by atoms with Gasteiger partial charge < -0.3 is 10.1 Å². The highest BCUT2D eigenvalue weighted by atomic mass is 79.9. The van der Waals surface area contributed by atoms with Crippen LogP contribution in [0.2, 0.25) is 0 Å². The predicted molar refractivity (Wildman–Crippen MR) is 109 cm³/mol. The third-order valence-electron chi connectivity index (χ3n) is 4.24. The zero-order valence-electron chi connectivity index (χ0n) is 15.6. The molecular weight excluding hydrogens is 406 g/mol. The summed E-state index contributed by atoms with van der Waals surface area (Å²) in [6.07, 6.45) is 0.768. The number of carbonyl (C=O) groups excluding carboxylic acids is 1. The maximum Gasteiger partial charge on any atom is 0.270 e. The maximum atomic E-state index is 12.5. The van der Waals surface area contributed by atoms with E-state index < -0.39 is 0 Å². The number of rotatable bonds is 6. The fraction of sp³-hybridized carbons (Fsp3) is 0.238. The molecule has 0 aliphatic heterocycles. The molecule has 1 amide bonds. The largest absolute Gasteiger partial charge is 0.457 e. The Morgan fingerprint density at radius 2 is 1.70 bits per heavy atom. The number of aromatic nitrogens is 2. The molecule has 0 radical (unpaired) electrons. The number of carbonyl (C=O) groups is 1. The van der Waals surface area contributed by atoms with Crippen LogP contribution in [-0.4, -0.2) is 15.7 Å². The fourth-order valence-electron chi connectivity index (χ4n) is 2.71. The van der Waals surface area contributed by atoms with E-state index in [1.54, 1.807) is 11.7 Å². The van der Waals surface area contributed by atoms with E-state index >= 15 is 0 Å². The summed E-state index contributed by atoms with van der Waals surface area (Å²) in [5.41, 5.74) is 3.60. The van der Waals surface area contributed by atoms with Gasteiger partial charge in [-0.15, -0.1) is 0 Å². The second kappa shape index (κ2) is 8.39. The second-order valence-corrected chi connectivity index (χ2v) is 7.12. The molecule has 3 rings (SSSR count). The molecule has 5 nitrogen and oxygen atoms in total. The Kier molecular flexibility index (Phi) is 5.96. The highest BCUT2D eigenvalue weighted by molar-refractivity contribution is 9.10. The van der Waals surface area contributed by atoms with Crippen molar-refractivity contribution >= 4 is 21.8 Å². The molecule has 1 N–H and O–H groups in total. The zero-order valence-corrected chi connectivity index (χ0v) is 17.2. The molecule has 0 aliphatic carbocycles. The van der Waals surface area contributed by atoms with Gasteiger partial charge in [-0.1, -0.05) is 36.8 Å². The van der Waals surface area contributed by atoms with Gasteiger partial charge in [0.25, 0.3) is 5.91 Å². The molecule has 0 unspecified atom stereocenters. The predicted octanol–water partition coefficient (Wildman–Crippen LogP) is 4.78. The first-order valence-corrected chi connectivity index (χ1v) is 9.60. The van der Waals surface area contributed by atoms with Gasteiger partial charge in [0.1, 0.15) is 17.2 Å². The number of nitrogens with one attached hydrogen (secondary N) is 1. The van der Waals surface area contributed by atoms with Gasteiger partial charge in [-0.25, -0.2) is 0 Å². The minimum Gasteiger partial charge on any atom is -0.457 e. The number of hydrogen-bond acceptors (Lipinski definition) is 3. The normalized spacial score (nSPS) is 10.7. The number of hydrogen-bond donors (Lipinski definition) is 1. The number of aryl methyl sites for hydroxylation is 3. The van der Waals surface area contributed by atoms with Crippen LogP contribution in [0.25, 0.3) is 0 Å². The van der Waals surface area contributed by atoms with Crippen molar-refractivity contribution in [1.82, 2.24) is 15.1 Å². The molecule has 27 heavy (non-hydrogen) atoms. The molecule has 0 saturated heterocycles. The van der Waals surface area contributed by atoms with E-state index in [1.807, 2.05) is 62.4 Å². The molecule has 0 spiro atoms. The topological polar surface area (TPSA) is 56.2 Å². The van der Waals surface area contributed by atoms with Crippen LogP contribution in [0, 0.1) is 6.92 Å². The van der Waals surface area contributed by atoms with Crippen molar-refractivity contribution in [1.29, 1.82) is 0 Å². The van der Waals surface area contributed by atoms with Crippen molar-refractivity contribution in [3.8, 4) is 11.5 Å². The summed E-state index contributed by atoms with van der Waals surface area (Å²) >= 11 is 3.47. The number of benzene rings is 2. The molecule has 1 heterocycles. The van der Waals surface area contributed by atoms with E-state index in [0.717, 1.165) is 33.6 Å². The molecule has 0 fully saturated rings. The quantitative estimate of drug-likeness (QED) is 0.615. The number of halogens is 1. The van der Waals surface area contributed by atoms with Gasteiger partial charge >= 0.3 is 0 Å². The molecule has 0 saturated carbocycles. The summed E-state index contributed by atoms with van der Waals surface area (Å²) in [5.74, 6) is 1.40. The lowest BCUT2D eigenvalue weighted by atomic mass is 10.2. The van der Waals surface area contributed by atoms with Gasteiger partial charge in [-0.05, 0) is 59.1 Å². The number of ether oxygens (including phenoxy) is 1. The van der Waals surface area contributed by atoms with Crippen molar-refractivity contribution in [2.45, 2.75) is 26.8 Å². The average Bonchev–Trinajstić information content (AvgIpc) is 2.96. The van der Waals surface area contributed by atoms with E-state index in [2.05, 4.69) is 26.3 Å². The van der Waals surface area contributed by atoms with Crippen molar-refractivity contribution in [3.05, 3.63) is 75.5 Å². The van der Waals surface area contributed by atoms with Crippen LogP contribution in [0.1, 0.15) is 34.2 Å². The monoisotopic (exact) mass is 427 g/mol. The molecular formula is C21H22BrN3O2. The lowest BCUT2D eigenvalue weighted by molar-refractivity contribution is 0.0940. The Labute approximate surface area is 167 Å². The summed E-state index contributed by atoms with van der Waals surface area (Å²) in [6, 6.07) is 15.6. The summed E-state index contributed by atoms with van der Waals surface area (Å²) < 4.78 is 8.19. The Bertz CT molecular complexity index is 931. The van der Waals surface area contributed by atoms with E-state index in [4.69, 9.17) is 4.74 Å². The molecule has 140 valence electrons. The first kappa shape index (κ1) is 19.2. The van der Waals surface area contributed by atoms with Crippen molar-refractivity contribution in [2.75, 3.05) is 0 Å². The van der Waals surface area contributed by atoms with Crippen LogP contribution in [0.3, 0.4) is 0 Å². The summed E-state index contributed by atoms with van der Waals surface area (Å²) in [5, 5.41) is 7.29. The third-order valence-corrected chi connectivity index (χ3v) is 5.07. The minimum absolute atomic E-state index is 0.156. The Hall–Kier alpha value is -2.60. The summed E-state index contributed by atoms with van der Waals surface area (Å²) in [7, 11) is 1.77. The lowest BCUT2D eigenvalue weighted by Crippen LogP contribution is -2.25. The summed E-state index contributed by atoms with van der Waals surface area (Å²) in [4.78, 5) is 12.5. The van der Waals surface area contributed by atoms with E-state index in [0.29, 0.717) is 12.2 Å². The second-order valence-electron chi connectivity index (χ2n) is 6.33. The molecule has 6 heteroatoms. The number of nitrogens with zero attached hydrogens (tertiary/aromatic N) is 2. The van der Waals surface area contributed by atoms with Crippen molar-refractivity contribution < 1.29 is 9.53 Å². The van der Waals surface area contributed by atoms with Crippen LogP contribution >= 0.6 is 15.9 Å². The molecule has 2 aromatic carbocycles. The summed E-state index contributed by atoms with van der Waals surface area (Å²) in [6.45, 7) is 4.48. The minimum atomic E-state index is -0.156. The SMILES string of the molecule is CCc1nn(C)c(C(=O)NCc2ccc(Oc3ccc(C)cc3)cc2)c1Br. The van der Waals surface area contributed by atoms with Gasteiger partial charge in [0, 0.05) is 13.6 Å². The Morgan fingerprint density at radius 1 is 1.11 bits per heavy atom. The lowest BCUT2D eigenvalue weighted by Gasteiger charge is -2.09. The van der Waals surface area contributed by atoms with Crippen molar-refractivity contribution in [3.63, 3.8) is 0 Å². The standard InChI is InChI=1S/C21H22BrN3O2/c1-4-18-19(22)20(25(3)24-18)21(26)23-13-15-7-11-17(12-8-15)27-16-9-5-14(2)6-10-16/h5-12H,4,13H2,1-3H3,(H,23,26). The molecule has 1 aromatic heterocycles. The smallest absolute Gasteiger partial charge is 0.270 e. The van der Waals surface area contributed by atoms with Crippen LogP contribution in [0.4, 0.5) is 0 Å². The molecule has 0 bridgehead atoms. The van der Waals surface area contributed by atoms with Crippen molar-refractivity contribution in [2.24, 2.45) is 7.05 Å². The van der Waals surface area contributed by atoms with E-state index in [1.165, 1.54) is 5.56 Å². The highest BCUT2D eigenvalue weighted by Crippen LogP contribution is 2.23. The third kappa shape index (κ3) is 4.57. The fourth-order valence-corrected chi connectivity index (χ4v) is 3.51. The van der Waals surface area contributed by atoms with Gasteiger partial charge in [-0.2, -0.15) is 5.10 Å². The highest BCUT2D eigenvalue weighted by Gasteiger charge is 2.19. The van der Waals surface area contributed by atoms with Gasteiger partial charge in [0.2, 0.25) is 0 Å². The van der Waals surface area contributed by atoms with E-state index in [-0.39, 0.29) is 5.91 Å². The van der Waals surface area contributed by atoms with Crippen LogP contribution in [0.5, 0.6) is 11.5 Å². The molecule has 3 aromatic rings. The molecule has 0 atom stereocenters. The van der Waals surface area contributed by atoms with E-state index in [9.17, 15) is 4.79 Å². The maximum absolute atomic E-state index is 12.5. The van der Waals surface area contributed by atoms with Crippen LogP contribution in [0.15, 0.2) is 53.0 Å². The Morgan fingerprint density at radius 3 is 2.26 bits per heavy atom.